The smallest absolute Gasteiger partial charge is 0.329 e. The third-order valence-corrected chi connectivity index (χ3v) is 2.68. The maximum Gasteiger partial charge on any atom is 0.329 e. The van der Waals surface area contributed by atoms with Gasteiger partial charge in [-0.3, -0.25) is 9.59 Å². The number of nitrogens with one attached hydrogen (secondary N) is 2. The third-order valence-electron chi connectivity index (χ3n) is 2.68. The number of rotatable bonds is 5. The summed E-state index contributed by atoms with van der Waals surface area (Å²) in [6.45, 7) is 3.25. The van der Waals surface area contributed by atoms with E-state index in [0.29, 0.717) is 12.8 Å². The van der Waals surface area contributed by atoms with Crippen LogP contribution in [-0.4, -0.2) is 27.5 Å². The first-order valence-corrected chi connectivity index (χ1v) is 5.63. The first-order chi connectivity index (χ1) is 8.40. The summed E-state index contributed by atoms with van der Waals surface area (Å²) >= 11 is 0. The van der Waals surface area contributed by atoms with Gasteiger partial charge in [0, 0.05) is 18.5 Å². The van der Waals surface area contributed by atoms with Crippen molar-refractivity contribution in [3.05, 3.63) is 34.2 Å². The van der Waals surface area contributed by atoms with E-state index in [1.165, 1.54) is 25.4 Å². The minimum Gasteiger partial charge on any atom is -0.480 e. The lowest BCUT2D eigenvalue weighted by molar-refractivity contribution is -0.144. The van der Waals surface area contributed by atoms with Crippen molar-refractivity contribution in [2.24, 2.45) is 0 Å². The summed E-state index contributed by atoms with van der Waals surface area (Å²) in [5.74, 6) is -1.81. The number of aromatic nitrogens is 1. The standard InChI is InChI=1S/C12H16N2O4/c1-3-5-12(2,11(17)18)14-10(16)8-7-13-6-4-9(8)15/h4,6-7H,3,5H2,1-2H3,(H,13,15)(H,14,16)(H,17,18). The quantitative estimate of drug-likeness (QED) is 0.720. The SMILES string of the molecule is CCCC(C)(NC(=O)c1c[nH]ccc1=O)C(=O)O. The van der Waals surface area contributed by atoms with E-state index in [4.69, 9.17) is 5.11 Å². The Balaban J connectivity index is 2.96. The second-order valence-corrected chi connectivity index (χ2v) is 4.26. The Bertz CT molecular complexity index is 509. The molecule has 0 aromatic carbocycles. The fourth-order valence-electron chi connectivity index (χ4n) is 1.63. The molecule has 6 nitrogen and oxygen atoms in total. The van der Waals surface area contributed by atoms with Crippen LogP contribution >= 0.6 is 0 Å². The Morgan fingerprint density at radius 1 is 1.50 bits per heavy atom. The maximum absolute atomic E-state index is 11.9. The molecule has 0 saturated carbocycles. The fraction of sp³-hybridized carbons (Fsp3) is 0.417. The van der Waals surface area contributed by atoms with E-state index in [1.807, 2.05) is 6.92 Å². The second kappa shape index (κ2) is 5.48. The Hall–Kier alpha value is -2.11. The van der Waals surface area contributed by atoms with E-state index in [9.17, 15) is 14.4 Å². The minimum atomic E-state index is -1.37. The van der Waals surface area contributed by atoms with Crippen molar-refractivity contribution in [1.82, 2.24) is 10.3 Å². The number of hydrogen-bond donors (Lipinski definition) is 3. The zero-order valence-corrected chi connectivity index (χ0v) is 10.3. The van der Waals surface area contributed by atoms with Crippen LogP contribution in [0, 0.1) is 0 Å². The van der Waals surface area contributed by atoms with Gasteiger partial charge in [0.05, 0.1) is 0 Å². The Morgan fingerprint density at radius 3 is 2.67 bits per heavy atom. The summed E-state index contributed by atoms with van der Waals surface area (Å²) in [7, 11) is 0. The van der Waals surface area contributed by atoms with Gasteiger partial charge in [-0.15, -0.1) is 0 Å². The molecule has 1 unspecified atom stereocenters. The Kier molecular flexibility index (Phi) is 4.25. The fourth-order valence-corrected chi connectivity index (χ4v) is 1.63. The van der Waals surface area contributed by atoms with Crippen molar-refractivity contribution in [1.29, 1.82) is 0 Å². The van der Waals surface area contributed by atoms with Crippen LogP contribution in [0.1, 0.15) is 37.0 Å². The number of aliphatic carboxylic acids is 1. The number of aromatic amines is 1. The van der Waals surface area contributed by atoms with Crippen LogP contribution in [0.15, 0.2) is 23.3 Å². The molecule has 18 heavy (non-hydrogen) atoms. The number of hydrogen-bond acceptors (Lipinski definition) is 3. The molecule has 0 bridgehead atoms. The van der Waals surface area contributed by atoms with Gasteiger partial charge >= 0.3 is 5.97 Å². The maximum atomic E-state index is 11.9. The van der Waals surface area contributed by atoms with E-state index in [-0.39, 0.29) is 5.56 Å². The molecule has 6 heteroatoms. The number of carboxylic acids is 1. The van der Waals surface area contributed by atoms with E-state index in [2.05, 4.69) is 10.3 Å². The average molecular weight is 252 g/mol. The highest BCUT2D eigenvalue weighted by Gasteiger charge is 2.34. The summed E-state index contributed by atoms with van der Waals surface area (Å²) in [5, 5.41) is 11.5. The van der Waals surface area contributed by atoms with Crippen molar-refractivity contribution < 1.29 is 14.7 Å². The number of carbonyl (C=O) groups is 2. The van der Waals surface area contributed by atoms with Gasteiger partial charge in [0.1, 0.15) is 11.1 Å². The molecular weight excluding hydrogens is 236 g/mol. The molecule has 98 valence electrons. The van der Waals surface area contributed by atoms with Crippen molar-refractivity contribution >= 4 is 11.9 Å². The first-order valence-electron chi connectivity index (χ1n) is 5.63. The normalized spacial score (nSPS) is 13.7. The van der Waals surface area contributed by atoms with Crippen molar-refractivity contribution in [3.8, 4) is 0 Å². The predicted octanol–water partition coefficient (Wildman–Crippen LogP) is 0.748. The van der Waals surface area contributed by atoms with Gasteiger partial charge in [-0.1, -0.05) is 13.3 Å². The highest BCUT2D eigenvalue weighted by Crippen LogP contribution is 2.13. The number of H-pyrrole nitrogens is 1. The molecule has 1 aromatic rings. The summed E-state index contributed by atoms with van der Waals surface area (Å²) in [6, 6.07) is 1.22. The highest BCUT2D eigenvalue weighted by molar-refractivity contribution is 5.97. The van der Waals surface area contributed by atoms with E-state index >= 15 is 0 Å². The van der Waals surface area contributed by atoms with Gasteiger partial charge in [0.2, 0.25) is 0 Å². The second-order valence-electron chi connectivity index (χ2n) is 4.26. The summed E-state index contributed by atoms with van der Waals surface area (Å²) in [5.41, 5.74) is -1.91. The highest BCUT2D eigenvalue weighted by atomic mass is 16.4. The van der Waals surface area contributed by atoms with Gasteiger partial charge in [-0.05, 0) is 13.3 Å². The van der Waals surface area contributed by atoms with Crippen molar-refractivity contribution in [2.45, 2.75) is 32.2 Å². The van der Waals surface area contributed by atoms with E-state index < -0.39 is 22.8 Å². The number of carboxylic acid groups (broad SMARTS) is 1. The van der Waals surface area contributed by atoms with E-state index in [1.54, 1.807) is 0 Å². The van der Waals surface area contributed by atoms with Crippen LogP contribution in [-0.2, 0) is 4.79 Å². The lowest BCUT2D eigenvalue weighted by Gasteiger charge is -2.25. The van der Waals surface area contributed by atoms with E-state index in [0.717, 1.165) is 0 Å². The van der Waals surface area contributed by atoms with Gasteiger partial charge in [-0.2, -0.15) is 0 Å². The van der Waals surface area contributed by atoms with Crippen LogP contribution in [0.2, 0.25) is 0 Å². The van der Waals surface area contributed by atoms with Gasteiger partial charge in [0.15, 0.2) is 5.43 Å². The van der Waals surface area contributed by atoms with Crippen LogP contribution < -0.4 is 10.7 Å². The Labute approximate surface area is 104 Å². The molecule has 1 amide bonds. The number of pyridine rings is 1. The summed E-state index contributed by atoms with van der Waals surface area (Å²) in [4.78, 5) is 37.1. The van der Waals surface area contributed by atoms with Crippen LogP contribution in [0.25, 0.3) is 0 Å². The Morgan fingerprint density at radius 2 is 2.17 bits per heavy atom. The van der Waals surface area contributed by atoms with Crippen molar-refractivity contribution in [3.63, 3.8) is 0 Å². The molecule has 1 rings (SSSR count). The molecule has 0 fully saturated rings. The summed E-state index contributed by atoms with van der Waals surface area (Å²) < 4.78 is 0. The monoisotopic (exact) mass is 252 g/mol. The summed E-state index contributed by atoms with van der Waals surface area (Å²) in [6.07, 6.45) is 3.56. The topological polar surface area (TPSA) is 99.3 Å². The van der Waals surface area contributed by atoms with Crippen LogP contribution in [0.4, 0.5) is 0 Å². The zero-order valence-electron chi connectivity index (χ0n) is 10.3. The van der Waals surface area contributed by atoms with Gasteiger partial charge < -0.3 is 15.4 Å². The molecule has 0 spiro atoms. The molecule has 0 aliphatic rings. The van der Waals surface area contributed by atoms with Crippen LogP contribution in [0.5, 0.6) is 0 Å². The van der Waals surface area contributed by atoms with Crippen molar-refractivity contribution in [2.75, 3.05) is 0 Å². The molecule has 3 N–H and O–H groups in total. The lowest BCUT2D eigenvalue weighted by Crippen LogP contribution is -2.52. The third kappa shape index (κ3) is 2.97. The first kappa shape index (κ1) is 14.0. The predicted molar refractivity (Wildman–Crippen MR) is 65.5 cm³/mol. The molecule has 1 aromatic heterocycles. The number of carbonyl (C=O) groups excluding carboxylic acids is 1. The molecule has 1 atom stereocenters. The molecule has 0 saturated heterocycles. The molecule has 0 aliphatic carbocycles. The largest absolute Gasteiger partial charge is 0.480 e. The lowest BCUT2D eigenvalue weighted by atomic mass is 9.96. The molecule has 0 aliphatic heterocycles. The molecular formula is C12H16N2O4. The van der Waals surface area contributed by atoms with Gasteiger partial charge in [0.25, 0.3) is 5.91 Å². The number of amides is 1. The minimum absolute atomic E-state index is 0.0962. The van der Waals surface area contributed by atoms with Gasteiger partial charge in [-0.25, -0.2) is 4.79 Å². The zero-order chi connectivity index (χ0) is 13.8. The molecule has 0 radical (unpaired) electrons. The van der Waals surface area contributed by atoms with Crippen LogP contribution in [0.3, 0.4) is 0 Å². The average Bonchev–Trinajstić information content (AvgIpc) is 2.29. The molecule has 1 heterocycles.